The van der Waals surface area contributed by atoms with E-state index in [0.29, 0.717) is 16.1 Å². The molecule has 0 spiro atoms. The first-order chi connectivity index (χ1) is 7.65. The van der Waals surface area contributed by atoms with E-state index in [0.717, 1.165) is 26.1 Å². The van der Waals surface area contributed by atoms with E-state index in [1.807, 2.05) is 18.2 Å². The quantitative estimate of drug-likeness (QED) is 0.877. The Morgan fingerprint density at radius 2 is 2.19 bits per heavy atom. The maximum absolute atomic E-state index is 6.00. The molecule has 4 heteroatoms. The van der Waals surface area contributed by atoms with Gasteiger partial charge in [-0.25, -0.2) is 0 Å². The van der Waals surface area contributed by atoms with E-state index >= 15 is 0 Å². The number of halogens is 2. The van der Waals surface area contributed by atoms with Gasteiger partial charge in [0.25, 0.3) is 0 Å². The second-order valence-corrected chi connectivity index (χ2v) is 5.18. The molecule has 0 amide bonds. The van der Waals surface area contributed by atoms with Crippen molar-refractivity contribution in [1.82, 2.24) is 10.2 Å². The Morgan fingerprint density at radius 1 is 1.38 bits per heavy atom. The molecule has 0 bridgehead atoms. The first kappa shape index (κ1) is 12.2. The standard InChI is InChI=1S/C12H16Cl2N2/c1-16-5-4-15-10(8-16)6-9-2-3-11(13)12(14)7-9/h2-3,7,10,15H,4-6,8H2,1H3. The molecule has 0 saturated carbocycles. The van der Waals surface area contributed by atoms with Crippen molar-refractivity contribution in [3.63, 3.8) is 0 Å². The highest BCUT2D eigenvalue weighted by molar-refractivity contribution is 6.42. The predicted molar refractivity (Wildman–Crippen MR) is 69.5 cm³/mol. The van der Waals surface area contributed by atoms with Gasteiger partial charge in [-0.2, -0.15) is 0 Å². The van der Waals surface area contributed by atoms with Crippen molar-refractivity contribution in [3.8, 4) is 0 Å². The Balaban J connectivity index is 2.00. The molecule has 1 aromatic rings. The van der Waals surface area contributed by atoms with Crippen molar-refractivity contribution in [3.05, 3.63) is 33.8 Å². The predicted octanol–water partition coefficient (Wildman–Crippen LogP) is 2.44. The zero-order chi connectivity index (χ0) is 11.5. The molecule has 2 nitrogen and oxygen atoms in total. The van der Waals surface area contributed by atoms with E-state index in [-0.39, 0.29) is 0 Å². The number of rotatable bonds is 2. The van der Waals surface area contributed by atoms with Gasteiger partial charge in [0, 0.05) is 25.7 Å². The second-order valence-electron chi connectivity index (χ2n) is 4.37. The maximum atomic E-state index is 6.00. The minimum atomic E-state index is 0.510. The number of likely N-dealkylation sites (N-methyl/N-ethyl adjacent to an activating group) is 1. The Labute approximate surface area is 107 Å². The molecule has 16 heavy (non-hydrogen) atoms. The Kier molecular flexibility index (Phi) is 4.09. The summed E-state index contributed by atoms with van der Waals surface area (Å²) in [5.41, 5.74) is 1.24. The fraction of sp³-hybridized carbons (Fsp3) is 0.500. The lowest BCUT2D eigenvalue weighted by Crippen LogP contribution is -2.49. The lowest BCUT2D eigenvalue weighted by molar-refractivity contribution is 0.238. The van der Waals surface area contributed by atoms with E-state index in [1.54, 1.807) is 0 Å². The molecule has 1 saturated heterocycles. The zero-order valence-corrected chi connectivity index (χ0v) is 10.9. The molecule has 1 N–H and O–H groups in total. The van der Waals surface area contributed by atoms with Gasteiger partial charge < -0.3 is 10.2 Å². The summed E-state index contributed by atoms with van der Waals surface area (Å²) in [6.45, 7) is 3.26. The highest BCUT2D eigenvalue weighted by atomic mass is 35.5. The van der Waals surface area contributed by atoms with Gasteiger partial charge in [0.1, 0.15) is 0 Å². The van der Waals surface area contributed by atoms with Gasteiger partial charge in [-0.1, -0.05) is 29.3 Å². The van der Waals surface area contributed by atoms with Crippen LogP contribution in [0.4, 0.5) is 0 Å². The molecule has 1 aromatic carbocycles. The fourth-order valence-electron chi connectivity index (χ4n) is 2.08. The van der Waals surface area contributed by atoms with Crippen molar-refractivity contribution >= 4 is 23.2 Å². The van der Waals surface area contributed by atoms with E-state index < -0.39 is 0 Å². The third-order valence-electron chi connectivity index (χ3n) is 2.92. The van der Waals surface area contributed by atoms with Crippen molar-refractivity contribution in [2.45, 2.75) is 12.5 Å². The highest BCUT2D eigenvalue weighted by Crippen LogP contribution is 2.23. The molecule has 0 aromatic heterocycles. The second kappa shape index (κ2) is 5.37. The topological polar surface area (TPSA) is 15.3 Å². The van der Waals surface area contributed by atoms with Gasteiger partial charge >= 0.3 is 0 Å². The SMILES string of the molecule is CN1CCNC(Cc2ccc(Cl)c(Cl)c2)C1. The van der Waals surface area contributed by atoms with Crippen LogP contribution in [0.15, 0.2) is 18.2 Å². The molecule has 88 valence electrons. The largest absolute Gasteiger partial charge is 0.311 e. The number of piperazine rings is 1. The molecule has 1 fully saturated rings. The molecule has 0 radical (unpaired) electrons. The van der Waals surface area contributed by atoms with Crippen LogP contribution in [0.3, 0.4) is 0 Å². The third-order valence-corrected chi connectivity index (χ3v) is 3.66. The smallest absolute Gasteiger partial charge is 0.0595 e. The fourth-order valence-corrected chi connectivity index (χ4v) is 2.40. The lowest BCUT2D eigenvalue weighted by Gasteiger charge is -2.31. The first-order valence-corrected chi connectivity index (χ1v) is 6.26. The minimum absolute atomic E-state index is 0.510. The normalized spacial score (nSPS) is 22.3. The zero-order valence-electron chi connectivity index (χ0n) is 9.34. The molecular weight excluding hydrogens is 243 g/mol. The van der Waals surface area contributed by atoms with E-state index in [1.165, 1.54) is 5.56 Å². The molecular formula is C12H16Cl2N2. The summed E-state index contributed by atoms with van der Waals surface area (Å²) < 4.78 is 0. The average molecular weight is 259 g/mol. The van der Waals surface area contributed by atoms with Crippen molar-refractivity contribution in [2.24, 2.45) is 0 Å². The van der Waals surface area contributed by atoms with Gasteiger partial charge in [0.2, 0.25) is 0 Å². The van der Waals surface area contributed by atoms with Gasteiger partial charge in [-0.3, -0.25) is 0 Å². The summed E-state index contributed by atoms with van der Waals surface area (Å²) in [4.78, 5) is 2.35. The summed E-state index contributed by atoms with van der Waals surface area (Å²) in [6.07, 6.45) is 1.00. The number of hydrogen-bond donors (Lipinski definition) is 1. The van der Waals surface area contributed by atoms with Gasteiger partial charge in [0.15, 0.2) is 0 Å². The van der Waals surface area contributed by atoms with Crippen LogP contribution in [0.1, 0.15) is 5.56 Å². The van der Waals surface area contributed by atoms with Crippen LogP contribution in [0, 0.1) is 0 Å². The monoisotopic (exact) mass is 258 g/mol. The van der Waals surface area contributed by atoms with Gasteiger partial charge in [0.05, 0.1) is 10.0 Å². The summed E-state index contributed by atoms with van der Waals surface area (Å²) in [5.74, 6) is 0. The van der Waals surface area contributed by atoms with E-state index in [9.17, 15) is 0 Å². The van der Waals surface area contributed by atoms with E-state index in [4.69, 9.17) is 23.2 Å². The summed E-state index contributed by atoms with van der Waals surface area (Å²) in [5, 5.41) is 4.78. The Bertz CT molecular complexity index is 368. The molecule has 1 aliphatic rings. The summed E-state index contributed by atoms with van der Waals surface area (Å²) in [7, 11) is 2.16. The molecule has 1 heterocycles. The third kappa shape index (κ3) is 3.11. The molecule has 2 rings (SSSR count). The lowest BCUT2D eigenvalue weighted by atomic mass is 10.0. The van der Waals surface area contributed by atoms with Crippen LogP contribution in [0.5, 0.6) is 0 Å². The Morgan fingerprint density at radius 3 is 2.88 bits per heavy atom. The molecule has 1 atom stereocenters. The molecule has 0 aliphatic carbocycles. The number of nitrogens with one attached hydrogen (secondary N) is 1. The van der Waals surface area contributed by atoms with Crippen LogP contribution >= 0.6 is 23.2 Å². The Hall–Kier alpha value is -0.280. The highest BCUT2D eigenvalue weighted by Gasteiger charge is 2.16. The van der Waals surface area contributed by atoms with Crippen LogP contribution in [0.25, 0.3) is 0 Å². The van der Waals surface area contributed by atoms with Crippen molar-refractivity contribution < 1.29 is 0 Å². The average Bonchev–Trinajstić information content (AvgIpc) is 2.24. The number of nitrogens with zero attached hydrogens (tertiary/aromatic N) is 1. The molecule has 1 aliphatic heterocycles. The summed E-state index contributed by atoms with van der Waals surface area (Å²) in [6, 6.07) is 6.38. The van der Waals surface area contributed by atoms with Crippen molar-refractivity contribution in [1.29, 1.82) is 0 Å². The van der Waals surface area contributed by atoms with Gasteiger partial charge in [-0.05, 0) is 31.2 Å². The van der Waals surface area contributed by atoms with Crippen LogP contribution in [0.2, 0.25) is 10.0 Å². The van der Waals surface area contributed by atoms with Crippen molar-refractivity contribution in [2.75, 3.05) is 26.7 Å². The van der Waals surface area contributed by atoms with E-state index in [2.05, 4.69) is 17.3 Å². The summed E-state index contributed by atoms with van der Waals surface area (Å²) >= 11 is 11.9. The number of hydrogen-bond acceptors (Lipinski definition) is 2. The van der Waals surface area contributed by atoms with Crippen LogP contribution in [-0.2, 0) is 6.42 Å². The first-order valence-electron chi connectivity index (χ1n) is 5.51. The van der Waals surface area contributed by atoms with Crippen LogP contribution in [-0.4, -0.2) is 37.6 Å². The molecule has 1 unspecified atom stereocenters. The maximum Gasteiger partial charge on any atom is 0.0595 e. The van der Waals surface area contributed by atoms with Gasteiger partial charge in [-0.15, -0.1) is 0 Å². The minimum Gasteiger partial charge on any atom is -0.311 e. The van der Waals surface area contributed by atoms with Crippen LogP contribution < -0.4 is 5.32 Å². The number of benzene rings is 1.